The Hall–Kier alpha value is -3.33. The molecule has 2 aromatic carbocycles. The first-order valence-electron chi connectivity index (χ1n) is 13.6. The molecule has 40 heavy (non-hydrogen) atoms. The summed E-state index contributed by atoms with van der Waals surface area (Å²) in [4.78, 5) is 13.9. The van der Waals surface area contributed by atoms with E-state index in [2.05, 4.69) is 27.3 Å². The quantitative estimate of drug-likeness (QED) is 0.241. The molecule has 206 valence electrons. The van der Waals surface area contributed by atoms with Crippen molar-refractivity contribution in [1.82, 2.24) is 14.9 Å². The van der Waals surface area contributed by atoms with Crippen molar-refractivity contribution in [2.75, 3.05) is 4.90 Å². The van der Waals surface area contributed by atoms with E-state index in [1.165, 1.54) is 10.4 Å². The lowest BCUT2D eigenvalue weighted by Crippen LogP contribution is -2.62. The number of aromatic carboxylic acids is 1. The van der Waals surface area contributed by atoms with Crippen molar-refractivity contribution in [3.05, 3.63) is 75.6 Å². The van der Waals surface area contributed by atoms with Crippen LogP contribution in [0.1, 0.15) is 59.8 Å². The van der Waals surface area contributed by atoms with Crippen molar-refractivity contribution >= 4 is 34.9 Å². The molecule has 0 amide bonds. The standard InChI is InChI=1S/C30H28Cl2N4O4/c1-35-26(30(37)38)14-25(33-35)16-7-9-18(10-8-16)36-19-11-20(36)13-21(12-19)39-15-22-28(34-40-29(22)17-5-6-17)27-23(31)3-2-4-24(27)32/h2-4,7-10,14,17,19-21H,5-6,11-13,15H2,1H3,(H,37,38)/t19-,20?,21+/m1/s1. The number of carboxylic acids is 1. The lowest BCUT2D eigenvalue weighted by molar-refractivity contribution is -0.0169. The van der Waals surface area contributed by atoms with E-state index in [9.17, 15) is 9.90 Å². The topological polar surface area (TPSA) is 93.6 Å². The summed E-state index contributed by atoms with van der Waals surface area (Å²) in [5, 5.41) is 19.2. The average molecular weight is 579 g/mol. The van der Waals surface area contributed by atoms with Crippen LogP contribution in [0.15, 0.2) is 53.1 Å². The van der Waals surface area contributed by atoms with Crippen LogP contribution in [0.2, 0.25) is 10.0 Å². The number of piperidine rings is 1. The maximum Gasteiger partial charge on any atom is 0.354 e. The molecule has 8 nitrogen and oxygen atoms in total. The molecule has 3 atom stereocenters. The highest BCUT2D eigenvalue weighted by atomic mass is 35.5. The van der Waals surface area contributed by atoms with Crippen LogP contribution in [0.3, 0.4) is 0 Å². The van der Waals surface area contributed by atoms with Crippen molar-refractivity contribution < 1.29 is 19.2 Å². The molecule has 2 saturated carbocycles. The van der Waals surface area contributed by atoms with E-state index in [0.29, 0.717) is 51.6 Å². The van der Waals surface area contributed by atoms with Crippen molar-refractivity contribution in [2.24, 2.45) is 7.05 Å². The molecular formula is C30H28Cl2N4O4. The second-order valence-corrected chi connectivity index (χ2v) is 11.8. The van der Waals surface area contributed by atoms with E-state index >= 15 is 0 Å². The second kappa shape index (κ2) is 9.94. The summed E-state index contributed by atoms with van der Waals surface area (Å²) in [6.45, 7) is 0.424. The summed E-state index contributed by atoms with van der Waals surface area (Å²) >= 11 is 13.0. The number of fused-ring (bicyclic) bond motifs is 2. The van der Waals surface area contributed by atoms with Crippen LogP contribution in [-0.4, -0.2) is 44.2 Å². The van der Waals surface area contributed by atoms with Crippen molar-refractivity contribution in [3.8, 4) is 22.5 Å². The Labute approximate surface area is 241 Å². The lowest BCUT2D eigenvalue weighted by atomic mass is 9.77. The molecule has 2 aliphatic carbocycles. The van der Waals surface area contributed by atoms with Gasteiger partial charge in [0.25, 0.3) is 0 Å². The van der Waals surface area contributed by atoms with E-state index in [1.54, 1.807) is 13.1 Å². The second-order valence-electron chi connectivity index (χ2n) is 11.0. The number of hydrogen-bond donors (Lipinski definition) is 1. The highest BCUT2D eigenvalue weighted by Gasteiger charge is 2.46. The van der Waals surface area contributed by atoms with Crippen LogP contribution in [0.25, 0.3) is 22.5 Å². The smallest absolute Gasteiger partial charge is 0.354 e. The third-order valence-corrected chi connectivity index (χ3v) is 9.02. The van der Waals surface area contributed by atoms with E-state index in [0.717, 1.165) is 49.0 Å². The van der Waals surface area contributed by atoms with Gasteiger partial charge in [-0.1, -0.05) is 46.6 Å². The summed E-state index contributed by atoms with van der Waals surface area (Å²) in [6, 6.07) is 16.1. The molecule has 2 bridgehead atoms. The van der Waals surface area contributed by atoms with Gasteiger partial charge in [-0.05, 0) is 62.4 Å². The summed E-state index contributed by atoms with van der Waals surface area (Å²) < 4.78 is 13.7. The number of nitrogens with zero attached hydrogens (tertiary/aromatic N) is 4. The number of halogens is 2. The summed E-state index contributed by atoms with van der Waals surface area (Å²) in [7, 11) is 1.64. The van der Waals surface area contributed by atoms with Gasteiger partial charge in [-0.2, -0.15) is 5.10 Å². The van der Waals surface area contributed by atoms with Gasteiger partial charge in [0.05, 0.1) is 28.5 Å². The monoisotopic (exact) mass is 578 g/mol. The fraction of sp³-hybridized carbons (Fsp3) is 0.367. The molecule has 0 spiro atoms. The molecule has 4 aromatic rings. The van der Waals surface area contributed by atoms with Gasteiger partial charge in [0.15, 0.2) is 0 Å². The predicted molar refractivity (Wildman–Crippen MR) is 152 cm³/mol. The lowest BCUT2D eigenvalue weighted by Gasteiger charge is -2.56. The molecule has 4 aliphatic rings. The maximum absolute atomic E-state index is 11.4. The van der Waals surface area contributed by atoms with Crippen LogP contribution in [-0.2, 0) is 18.4 Å². The molecule has 4 fully saturated rings. The van der Waals surface area contributed by atoms with Gasteiger partial charge in [0.2, 0.25) is 0 Å². The zero-order valence-electron chi connectivity index (χ0n) is 21.9. The van der Waals surface area contributed by atoms with Gasteiger partial charge in [-0.25, -0.2) is 4.79 Å². The number of ether oxygens (including phenoxy) is 1. The number of anilines is 1. The van der Waals surface area contributed by atoms with Crippen LogP contribution >= 0.6 is 23.2 Å². The third-order valence-electron chi connectivity index (χ3n) is 8.39. The first-order chi connectivity index (χ1) is 19.4. The Morgan fingerprint density at radius 3 is 2.40 bits per heavy atom. The summed E-state index contributed by atoms with van der Waals surface area (Å²) in [6.07, 6.45) is 5.41. The minimum atomic E-state index is -0.986. The Morgan fingerprint density at radius 2 is 1.77 bits per heavy atom. The maximum atomic E-state index is 11.4. The van der Waals surface area contributed by atoms with Crippen LogP contribution in [0.4, 0.5) is 5.69 Å². The van der Waals surface area contributed by atoms with Gasteiger partial charge in [-0.15, -0.1) is 0 Å². The van der Waals surface area contributed by atoms with E-state index in [1.807, 2.05) is 30.3 Å². The van der Waals surface area contributed by atoms with Gasteiger partial charge in [0.1, 0.15) is 17.1 Å². The number of carbonyl (C=O) groups is 1. The molecular weight excluding hydrogens is 551 g/mol. The highest BCUT2D eigenvalue weighted by molar-refractivity contribution is 6.39. The number of rotatable bonds is 8. The molecule has 2 aliphatic heterocycles. The minimum absolute atomic E-state index is 0.152. The number of carboxylic acid groups (broad SMARTS) is 1. The van der Waals surface area contributed by atoms with Crippen LogP contribution < -0.4 is 4.90 Å². The molecule has 4 heterocycles. The van der Waals surface area contributed by atoms with Crippen molar-refractivity contribution in [2.45, 2.75) is 62.8 Å². The molecule has 10 heteroatoms. The zero-order valence-corrected chi connectivity index (χ0v) is 23.4. The first-order valence-corrected chi connectivity index (χ1v) is 14.3. The first kappa shape index (κ1) is 25.6. The fourth-order valence-electron chi connectivity index (χ4n) is 6.24. The Balaban J connectivity index is 1.03. The molecule has 2 saturated heterocycles. The normalized spacial score (nSPS) is 21.9. The van der Waals surface area contributed by atoms with Gasteiger partial charge in [0, 0.05) is 47.4 Å². The van der Waals surface area contributed by atoms with E-state index < -0.39 is 5.97 Å². The van der Waals surface area contributed by atoms with Crippen LogP contribution in [0, 0.1) is 0 Å². The third kappa shape index (κ3) is 4.48. The van der Waals surface area contributed by atoms with E-state index in [-0.39, 0.29) is 11.8 Å². The fourth-order valence-corrected chi connectivity index (χ4v) is 6.82. The predicted octanol–water partition coefficient (Wildman–Crippen LogP) is 6.95. The average Bonchev–Trinajstić information content (AvgIpc) is 3.58. The Bertz CT molecular complexity index is 1560. The number of benzene rings is 2. The molecule has 1 N–H and O–H groups in total. The minimum Gasteiger partial charge on any atom is -0.477 e. The van der Waals surface area contributed by atoms with Gasteiger partial charge >= 0.3 is 5.97 Å². The van der Waals surface area contributed by atoms with Crippen molar-refractivity contribution in [1.29, 1.82) is 0 Å². The Kier molecular flexibility index (Phi) is 6.37. The summed E-state index contributed by atoms with van der Waals surface area (Å²) in [5.41, 5.74) is 5.23. The number of aromatic nitrogens is 3. The Morgan fingerprint density at radius 1 is 1.07 bits per heavy atom. The highest BCUT2D eigenvalue weighted by Crippen LogP contribution is 2.47. The molecule has 8 rings (SSSR count). The SMILES string of the molecule is Cn1nc(-c2ccc(N3C4C[C@@H](OCc5c(-c6c(Cl)cccc6Cl)noc5C5CC5)C[C@H]3C4)cc2)cc1C(=O)O. The zero-order chi connectivity index (χ0) is 27.5. The van der Waals surface area contributed by atoms with Crippen LogP contribution in [0.5, 0.6) is 0 Å². The van der Waals surface area contributed by atoms with Gasteiger partial charge < -0.3 is 19.3 Å². The molecule has 2 aromatic heterocycles. The number of hydrogen-bond acceptors (Lipinski definition) is 6. The molecule has 0 radical (unpaired) electrons. The number of aryl methyl sites for hydroxylation is 1. The van der Waals surface area contributed by atoms with Gasteiger partial charge in [-0.3, -0.25) is 4.68 Å². The van der Waals surface area contributed by atoms with Crippen molar-refractivity contribution in [3.63, 3.8) is 0 Å². The van der Waals surface area contributed by atoms with E-state index in [4.69, 9.17) is 32.5 Å². The largest absolute Gasteiger partial charge is 0.477 e. The molecule has 1 unspecified atom stereocenters. The summed E-state index contributed by atoms with van der Waals surface area (Å²) in [5.74, 6) is 0.304.